The highest BCUT2D eigenvalue weighted by Gasteiger charge is 2.61. The molecule has 4 nitrogen and oxygen atoms in total. The van der Waals surface area contributed by atoms with Crippen molar-refractivity contribution in [3.05, 3.63) is 35.9 Å². The minimum absolute atomic E-state index is 0.124. The van der Waals surface area contributed by atoms with E-state index in [0.29, 0.717) is 23.7 Å². The maximum absolute atomic E-state index is 14.1. The standard InChI is InChI=1S/C29H40N2O2/c32-26(30-12-6-1-2-7-13-30)24-10-14-31(15-11-24)27(33)29-19-22-16-23(20-29)18-28(17-22,21-29)25-8-4-3-5-9-25/h3-5,8-9,22-24H,1-2,6-7,10-21H2. The molecule has 4 bridgehead atoms. The van der Waals surface area contributed by atoms with Crippen LogP contribution in [0.2, 0.25) is 0 Å². The predicted octanol–water partition coefficient (Wildman–Crippen LogP) is 5.17. The van der Waals surface area contributed by atoms with Gasteiger partial charge in [0.25, 0.3) is 0 Å². The quantitative estimate of drug-likeness (QED) is 0.640. The summed E-state index contributed by atoms with van der Waals surface area (Å²) in [5.74, 6) is 2.33. The van der Waals surface area contributed by atoms with Crippen molar-refractivity contribution in [1.29, 1.82) is 0 Å². The fraction of sp³-hybridized carbons (Fsp3) is 0.724. The first kappa shape index (κ1) is 21.7. The molecule has 0 radical (unpaired) electrons. The predicted molar refractivity (Wildman–Crippen MR) is 130 cm³/mol. The van der Waals surface area contributed by atoms with Crippen LogP contribution in [0.4, 0.5) is 0 Å². The van der Waals surface area contributed by atoms with E-state index in [1.807, 2.05) is 0 Å². The Kier molecular flexibility index (Phi) is 5.54. The van der Waals surface area contributed by atoms with Crippen molar-refractivity contribution in [2.75, 3.05) is 26.2 Å². The number of nitrogens with zero attached hydrogens (tertiary/aromatic N) is 2. The molecular weight excluding hydrogens is 408 g/mol. The second kappa shape index (κ2) is 8.43. The first-order chi connectivity index (χ1) is 16.1. The minimum Gasteiger partial charge on any atom is -0.342 e. The Morgan fingerprint density at radius 2 is 1.39 bits per heavy atom. The average molecular weight is 449 g/mol. The van der Waals surface area contributed by atoms with Crippen LogP contribution in [-0.4, -0.2) is 47.8 Å². The third kappa shape index (κ3) is 3.82. The molecular formula is C29H40N2O2. The van der Waals surface area contributed by atoms with E-state index < -0.39 is 0 Å². The zero-order valence-electron chi connectivity index (χ0n) is 20.1. The van der Waals surface area contributed by atoms with Gasteiger partial charge in [-0.15, -0.1) is 0 Å². The molecule has 2 saturated heterocycles. The molecule has 2 heterocycles. The summed E-state index contributed by atoms with van der Waals surface area (Å²) in [6, 6.07) is 11.1. The Morgan fingerprint density at radius 3 is 2.03 bits per heavy atom. The molecule has 178 valence electrons. The van der Waals surface area contributed by atoms with Gasteiger partial charge in [0.1, 0.15) is 0 Å². The molecule has 2 amide bonds. The van der Waals surface area contributed by atoms with Crippen molar-refractivity contribution in [1.82, 2.24) is 9.80 Å². The maximum Gasteiger partial charge on any atom is 0.228 e. The van der Waals surface area contributed by atoms with E-state index in [9.17, 15) is 9.59 Å². The van der Waals surface area contributed by atoms with E-state index in [1.54, 1.807) is 0 Å². The van der Waals surface area contributed by atoms with Crippen LogP contribution in [0.25, 0.3) is 0 Å². The second-order valence-corrected chi connectivity index (χ2v) is 12.2. The minimum atomic E-state index is -0.151. The molecule has 4 heteroatoms. The van der Waals surface area contributed by atoms with Gasteiger partial charge in [-0.1, -0.05) is 43.2 Å². The summed E-state index contributed by atoms with van der Waals surface area (Å²) in [5.41, 5.74) is 1.53. The molecule has 0 spiro atoms. The molecule has 7 rings (SSSR count). The molecule has 6 aliphatic rings. The molecule has 1 aromatic rings. The third-order valence-corrected chi connectivity index (χ3v) is 9.95. The number of hydrogen-bond acceptors (Lipinski definition) is 2. The Balaban J connectivity index is 1.15. The highest BCUT2D eigenvalue weighted by molar-refractivity contribution is 5.84. The van der Waals surface area contributed by atoms with Crippen molar-refractivity contribution in [2.45, 2.75) is 82.5 Å². The monoisotopic (exact) mass is 448 g/mol. The topological polar surface area (TPSA) is 40.6 Å². The fourth-order valence-electron chi connectivity index (χ4n) is 8.86. The van der Waals surface area contributed by atoms with Gasteiger partial charge < -0.3 is 9.80 Å². The van der Waals surface area contributed by atoms with Crippen LogP contribution >= 0.6 is 0 Å². The van der Waals surface area contributed by atoms with E-state index in [4.69, 9.17) is 0 Å². The lowest BCUT2D eigenvalue weighted by Crippen LogP contribution is -2.60. The van der Waals surface area contributed by atoms with Gasteiger partial charge >= 0.3 is 0 Å². The van der Waals surface area contributed by atoms with E-state index in [2.05, 4.69) is 40.1 Å². The van der Waals surface area contributed by atoms with Gasteiger partial charge in [0.15, 0.2) is 0 Å². The lowest BCUT2D eigenvalue weighted by molar-refractivity contribution is -0.162. The van der Waals surface area contributed by atoms with Gasteiger partial charge in [-0.2, -0.15) is 0 Å². The number of likely N-dealkylation sites (tertiary alicyclic amines) is 2. The summed E-state index contributed by atoms with van der Waals surface area (Å²) in [5, 5.41) is 0. The maximum atomic E-state index is 14.1. The van der Waals surface area contributed by atoms with Crippen LogP contribution in [0.5, 0.6) is 0 Å². The summed E-state index contributed by atoms with van der Waals surface area (Å²) in [6.07, 6.45) is 13.6. The van der Waals surface area contributed by atoms with Crippen LogP contribution in [-0.2, 0) is 15.0 Å². The zero-order chi connectivity index (χ0) is 22.5. The van der Waals surface area contributed by atoms with Gasteiger partial charge in [0, 0.05) is 32.1 Å². The van der Waals surface area contributed by atoms with Gasteiger partial charge in [-0.3, -0.25) is 9.59 Å². The zero-order valence-corrected chi connectivity index (χ0v) is 20.1. The van der Waals surface area contributed by atoms with E-state index >= 15 is 0 Å². The van der Waals surface area contributed by atoms with Crippen LogP contribution < -0.4 is 0 Å². The van der Waals surface area contributed by atoms with Crippen molar-refractivity contribution < 1.29 is 9.59 Å². The Bertz CT molecular complexity index is 866. The molecule has 0 aromatic heterocycles. The van der Waals surface area contributed by atoms with Crippen LogP contribution in [0.3, 0.4) is 0 Å². The number of carbonyl (C=O) groups is 2. The van der Waals surface area contributed by atoms with Crippen molar-refractivity contribution in [3.63, 3.8) is 0 Å². The average Bonchev–Trinajstić information content (AvgIpc) is 3.13. The van der Waals surface area contributed by atoms with Crippen molar-refractivity contribution in [3.8, 4) is 0 Å². The molecule has 4 aliphatic carbocycles. The van der Waals surface area contributed by atoms with E-state index in [-0.39, 0.29) is 16.7 Å². The number of piperidine rings is 1. The van der Waals surface area contributed by atoms with Crippen LogP contribution in [0.15, 0.2) is 30.3 Å². The summed E-state index contributed by atoms with van der Waals surface area (Å²) >= 11 is 0. The number of amides is 2. The van der Waals surface area contributed by atoms with E-state index in [0.717, 1.165) is 71.1 Å². The summed E-state index contributed by atoms with van der Waals surface area (Å²) in [6.45, 7) is 3.42. The summed E-state index contributed by atoms with van der Waals surface area (Å²) < 4.78 is 0. The second-order valence-electron chi connectivity index (χ2n) is 12.2. The Hall–Kier alpha value is -1.84. The van der Waals surface area contributed by atoms with Crippen LogP contribution in [0.1, 0.15) is 82.6 Å². The first-order valence-electron chi connectivity index (χ1n) is 13.7. The number of benzene rings is 1. The highest BCUT2D eigenvalue weighted by atomic mass is 16.2. The van der Waals surface area contributed by atoms with Crippen molar-refractivity contribution >= 4 is 11.8 Å². The smallest absolute Gasteiger partial charge is 0.228 e. The van der Waals surface area contributed by atoms with E-state index in [1.165, 1.54) is 37.7 Å². The molecule has 2 unspecified atom stereocenters. The molecule has 4 saturated carbocycles. The SMILES string of the molecule is O=C(C1CCN(C(=O)C23CC4CC(C2)CC(c2ccccc2)(C4)C3)CC1)N1CCCCCC1. The first-order valence-corrected chi connectivity index (χ1v) is 13.7. The lowest BCUT2D eigenvalue weighted by Gasteiger charge is -2.62. The van der Waals surface area contributed by atoms with Gasteiger partial charge in [-0.05, 0) is 87.0 Å². The molecule has 2 aliphatic heterocycles. The summed E-state index contributed by atoms with van der Waals surface area (Å²) in [7, 11) is 0. The Labute approximate surface area is 199 Å². The third-order valence-electron chi connectivity index (χ3n) is 9.95. The molecule has 6 fully saturated rings. The molecule has 0 N–H and O–H groups in total. The lowest BCUT2D eigenvalue weighted by atomic mass is 9.42. The highest BCUT2D eigenvalue weighted by Crippen LogP contribution is 2.66. The summed E-state index contributed by atoms with van der Waals surface area (Å²) in [4.78, 5) is 31.5. The van der Waals surface area contributed by atoms with Gasteiger partial charge in [0.2, 0.25) is 11.8 Å². The fourth-order valence-corrected chi connectivity index (χ4v) is 8.86. The van der Waals surface area contributed by atoms with Gasteiger partial charge in [0.05, 0.1) is 5.41 Å². The largest absolute Gasteiger partial charge is 0.342 e. The number of hydrogen-bond donors (Lipinski definition) is 0. The Morgan fingerprint density at radius 1 is 0.758 bits per heavy atom. The molecule has 33 heavy (non-hydrogen) atoms. The van der Waals surface area contributed by atoms with Gasteiger partial charge in [-0.25, -0.2) is 0 Å². The normalized spacial score (nSPS) is 36.6. The number of rotatable bonds is 3. The molecule has 2 atom stereocenters. The number of carbonyl (C=O) groups excluding carboxylic acids is 2. The molecule has 1 aromatic carbocycles. The van der Waals surface area contributed by atoms with Crippen molar-refractivity contribution in [2.24, 2.45) is 23.2 Å². The van der Waals surface area contributed by atoms with Crippen LogP contribution in [0, 0.1) is 23.2 Å².